The normalized spacial score (nSPS) is 26.6. The summed E-state index contributed by atoms with van der Waals surface area (Å²) in [6, 6.07) is 8.93. The molecule has 26 heavy (non-hydrogen) atoms. The first-order valence-corrected chi connectivity index (χ1v) is 9.70. The van der Waals surface area contributed by atoms with Gasteiger partial charge in [-0.3, -0.25) is 9.69 Å². The monoisotopic (exact) mass is 355 g/mol. The fourth-order valence-electron chi connectivity index (χ4n) is 4.27. The Bertz CT molecular complexity index is 661. The Balaban J connectivity index is 1.71. The molecule has 5 heteroatoms. The number of nitriles is 1. The lowest BCUT2D eigenvalue weighted by Gasteiger charge is -2.50. The van der Waals surface area contributed by atoms with Gasteiger partial charge >= 0.3 is 0 Å². The zero-order chi connectivity index (χ0) is 18.6. The number of morpholine rings is 1. The number of carbonyl (C=O) groups excluding carboxylic acids is 1. The minimum Gasteiger partial charge on any atom is -0.370 e. The van der Waals surface area contributed by atoms with Crippen molar-refractivity contribution in [2.24, 2.45) is 5.92 Å². The molecular weight excluding hydrogens is 326 g/mol. The molecule has 0 unspecified atom stereocenters. The van der Waals surface area contributed by atoms with Gasteiger partial charge in [-0.1, -0.05) is 26.7 Å². The predicted octanol–water partition coefficient (Wildman–Crippen LogP) is 2.96. The third-order valence-electron chi connectivity index (χ3n) is 5.47. The van der Waals surface area contributed by atoms with Gasteiger partial charge < -0.3 is 10.1 Å². The standard InChI is InChI=1S/C21H29N3O2/c1-16(2)14-24-11-12-26-21(15-24)10-4-3-5-19(21)23-20(25)18-8-6-17(13-22)7-9-18/h6-9,16,19H,3-5,10-12,14-15H2,1-2H3,(H,23,25)/t19-,21+/m1/s1. The second-order valence-corrected chi connectivity index (χ2v) is 8.00. The zero-order valence-corrected chi connectivity index (χ0v) is 15.8. The van der Waals surface area contributed by atoms with Crippen LogP contribution < -0.4 is 5.32 Å². The van der Waals surface area contributed by atoms with Gasteiger partial charge in [0.2, 0.25) is 0 Å². The number of nitrogens with one attached hydrogen (secondary N) is 1. The summed E-state index contributed by atoms with van der Waals surface area (Å²) in [5.74, 6) is 0.547. The summed E-state index contributed by atoms with van der Waals surface area (Å²) in [6.45, 7) is 8.15. The molecule has 2 atom stereocenters. The molecule has 1 amide bonds. The lowest BCUT2D eigenvalue weighted by Crippen LogP contribution is -2.64. The van der Waals surface area contributed by atoms with Crippen LogP contribution in [0.4, 0.5) is 0 Å². The number of amides is 1. The molecule has 1 heterocycles. The lowest BCUT2D eigenvalue weighted by atomic mass is 9.78. The summed E-state index contributed by atoms with van der Waals surface area (Å²) in [4.78, 5) is 15.2. The Morgan fingerprint density at radius 2 is 2.15 bits per heavy atom. The Kier molecular flexibility index (Phi) is 5.95. The third kappa shape index (κ3) is 4.25. The highest BCUT2D eigenvalue weighted by Gasteiger charge is 2.45. The Hall–Kier alpha value is -1.90. The van der Waals surface area contributed by atoms with Crippen molar-refractivity contribution in [3.05, 3.63) is 35.4 Å². The summed E-state index contributed by atoms with van der Waals surface area (Å²) in [5.41, 5.74) is 0.892. The van der Waals surface area contributed by atoms with Gasteiger partial charge in [0, 0.05) is 25.2 Å². The molecule has 5 nitrogen and oxygen atoms in total. The van der Waals surface area contributed by atoms with Gasteiger partial charge in [-0.2, -0.15) is 5.26 Å². The van der Waals surface area contributed by atoms with Crippen molar-refractivity contribution in [3.8, 4) is 6.07 Å². The Morgan fingerprint density at radius 1 is 1.38 bits per heavy atom. The molecule has 1 N–H and O–H groups in total. The Labute approximate surface area is 156 Å². The van der Waals surface area contributed by atoms with Gasteiger partial charge in [-0.15, -0.1) is 0 Å². The van der Waals surface area contributed by atoms with E-state index in [0.29, 0.717) is 17.0 Å². The van der Waals surface area contributed by atoms with Gasteiger partial charge in [0.15, 0.2) is 0 Å². The van der Waals surface area contributed by atoms with Gasteiger partial charge in [0.25, 0.3) is 5.91 Å². The minimum atomic E-state index is -0.270. The van der Waals surface area contributed by atoms with E-state index in [1.807, 2.05) is 0 Å². The van der Waals surface area contributed by atoms with Crippen molar-refractivity contribution < 1.29 is 9.53 Å². The molecule has 0 radical (unpaired) electrons. The summed E-state index contributed by atoms with van der Waals surface area (Å²) in [6.07, 6.45) is 4.23. The molecule has 2 fully saturated rings. The van der Waals surface area contributed by atoms with E-state index in [-0.39, 0.29) is 17.6 Å². The second kappa shape index (κ2) is 8.20. The third-order valence-corrected chi connectivity index (χ3v) is 5.47. The number of rotatable bonds is 4. The van der Waals surface area contributed by atoms with Crippen molar-refractivity contribution in [1.29, 1.82) is 5.26 Å². The molecule has 1 aliphatic carbocycles. The van der Waals surface area contributed by atoms with Crippen LogP contribution in [0.3, 0.4) is 0 Å². The van der Waals surface area contributed by atoms with E-state index in [1.165, 1.54) is 0 Å². The van der Waals surface area contributed by atoms with Gasteiger partial charge in [0.1, 0.15) is 5.60 Å². The van der Waals surface area contributed by atoms with Gasteiger partial charge in [0.05, 0.1) is 24.3 Å². The molecule has 1 aromatic rings. The van der Waals surface area contributed by atoms with E-state index in [0.717, 1.165) is 51.9 Å². The smallest absolute Gasteiger partial charge is 0.251 e. The van der Waals surface area contributed by atoms with Gasteiger partial charge in [-0.25, -0.2) is 0 Å². The fourth-order valence-corrected chi connectivity index (χ4v) is 4.27. The summed E-state index contributed by atoms with van der Waals surface area (Å²) < 4.78 is 6.30. The number of carbonyl (C=O) groups is 1. The average Bonchev–Trinajstić information content (AvgIpc) is 2.63. The maximum Gasteiger partial charge on any atom is 0.251 e. The molecule has 140 valence electrons. The van der Waals surface area contributed by atoms with Crippen LogP contribution in [0.15, 0.2) is 24.3 Å². The van der Waals surface area contributed by atoms with E-state index >= 15 is 0 Å². The zero-order valence-electron chi connectivity index (χ0n) is 15.8. The average molecular weight is 355 g/mol. The molecule has 1 aliphatic heterocycles. The van der Waals surface area contributed by atoms with Crippen molar-refractivity contribution in [2.45, 2.75) is 51.2 Å². The number of hydrogen-bond acceptors (Lipinski definition) is 4. The van der Waals surface area contributed by atoms with Crippen LogP contribution in [0.25, 0.3) is 0 Å². The highest BCUT2D eigenvalue weighted by Crippen LogP contribution is 2.35. The second-order valence-electron chi connectivity index (χ2n) is 8.00. The van der Waals surface area contributed by atoms with Crippen molar-refractivity contribution >= 4 is 5.91 Å². The number of hydrogen-bond donors (Lipinski definition) is 1. The summed E-state index contributed by atoms with van der Waals surface area (Å²) in [5, 5.41) is 12.1. The maximum absolute atomic E-state index is 12.7. The summed E-state index contributed by atoms with van der Waals surface area (Å²) in [7, 11) is 0. The van der Waals surface area contributed by atoms with Crippen LogP contribution in [0.2, 0.25) is 0 Å². The fraction of sp³-hybridized carbons (Fsp3) is 0.619. The van der Waals surface area contributed by atoms with Crippen LogP contribution in [0, 0.1) is 17.2 Å². The first-order chi connectivity index (χ1) is 12.5. The number of nitrogens with zero attached hydrogens (tertiary/aromatic N) is 2. The number of ether oxygens (including phenoxy) is 1. The van der Waals surface area contributed by atoms with E-state index < -0.39 is 0 Å². The molecule has 1 saturated heterocycles. The van der Waals surface area contributed by atoms with E-state index in [1.54, 1.807) is 24.3 Å². The van der Waals surface area contributed by atoms with Crippen molar-refractivity contribution in [1.82, 2.24) is 10.2 Å². The van der Waals surface area contributed by atoms with E-state index in [2.05, 4.69) is 30.1 Å². The van der Waals surface area contributed by atoms with Crippen LogP contribution in [-0.2, 0) is 4.74 Å². The SMILES string of the molecule is CC(C)CN1CCO[C@@]2(CCCC[C@H]2NC(=O)c2ccc(C#N)cc2)C1. The minimum absolute atomic E-state index is 0.0364. The molecule has 1 saturated carbocycles. The Morgan fingerprint density at radius 3 is 2.85 bits per heavy atom. The van der Waals surface area contributed by atoms with E-state index in [4.69, 9.17) is 10.00 Å². The van der Waals surface area contributed by atoms with Gasteiger partial charge in [-0.05, 0) is 43.0 Å². The predicted molar refractivity (Wildman–Crippen MR) is 101 cm³/mol. The molecule has 1 spiro atoms. The van der Waals surface area contributed by atoms with Crippen LogP contribution in [-0.4, -0.2) is 48.7 Å². The van der Waals surface area contributed by atoms with Crippen molar-refractivity contribution in [3.63, 3.8) is 0 Å². The first-order valence-electron chi connectivity index (χ1n) is 9.70. The first kappa shape index (κ1) is 18.9. The van der Waals surface area contributed by atoms with Crippen LogP contribution in [0.5, 0.6) is 0 Å². The summed E-state index contributed by atoms with van der Waals surface area (Å²) >= 11 is 0. The highest BCUT2D eigenvalue weighted by molar-refractivity contribution is 5.94. The molecule has 3 rings (SSSR count). The highest BCUT2D eigenvalue weighted by atomic mass is 16.5. The quantitative estimate of drug-likeness (QED) is 0.902. The maximum atomic E-state index is 12.7. The lowest BCUT2D eigenvalue weighted by molar-refractivity contribution is -0.142. The molecule has 1 aromatic carbocycles. The molecular formula is C21H29N3O2. The molecule has 0 aromatic heterocycles. The molecule has 2 aliphatic rings. The largest absolute Gasteiger partial charge is 0.370 e. The van der Waals surface area contributed by atoms with Crippen LogP contribution >= 0.6 is 0 Å². The number of benzene rings is 1. The van der Waals surface area contributed by atoms with E-state index in [9.17, 15) is 4.79 Å². The van der Waals surface area contributed by atoms with Crippen LogP contribution in [0.1, 0.15) is 55.5 Å². The van der Waals surface area contributed by atoms with Crippen molar-refractivity contribution in [2.75, 3.05) is 26.2 Å². The topological polar surface area (TPSA) is 65.4 Å². The molecule has 0 bridgehead atoms.